The van der Waals surface area contributed by atoms with Crippen LogP contribution in [-0.2, 0) is 17.6 Å². The van der Waals surface area contributed by atoms with E-state index in [0.29, 0.717) is 0 Å². The number of hydrogen-bond acceptors (Lipinski definition) is 4. The second-order valence-electron chi connectivity index (χ2n) is 6.71. The largest absolute Gasteiger partial charge is 0.480 e. The molecule has 1 atom stereocenters. The van der Waals surface area contributed by atoms with Crippen LogP contribution < -0.4 is 16.2 Å². The molecule has 3 aromatic carbocycles. The number of nitrogens with two attached hydrogens (primary N) is 2. The number of carboxylic acids is 1. The number of carbonyl (C=O) groups is 1. The van der Waals surface area contributed by atoms with Crippen LogP contribution >= 0.6 is 45.2 Å². The summed E-state index contributed by atoms with van der Waals surface area (Å²) in [5.74, 6) is 0.500. The minimum absolute atomic E-state index is 0.276. The maximum Gasteiger partial charge on any atom is 0.320 e. The van der Waals surface area contributed by atoms with Gasteiger partial charge in [0.1, 0.15) is 11.8 Å². The van der Waals surface area contributed by atoms with Crippen LogP contribution in [0.2, 0.25) is 0 Å². The Morgan fingerprint density at radius 1 is 0.966 bits per heavy atom. The molecule has 0 aliphatic rings. The topological polar surface area (TPSA) is 98.6 Å². The Hall–Kier alpha value is -1.85. The third-order valence-corrected chi connectivity index (χ3v) is 5.94. The van der Waals surface area contributed by atoms with E-state index < -0.39 is 12.0 Å². The number of anilines is 1. The maximum absolute atomic E-state index is 11.0. The molecule has 0 saturated carbocycles. The minimum Gasteiger partial charge on any atom is -0.480 e. The van der Waals surface area contributed by atoms with Gasteiger partial charge in [-0.3, -0.25) is 4.79 Å². The van der Waals surface area contributed by atoms with Crippen molar-refractivity contribution in [3.8, 4) is 11.5 Å². The van der Waals surface area contributed by atoms with E-state index in [2.05, 4.69) is 51.2 Å². The Bertz CT molecular complexity index is 1000. The first-order chi connectivity index (χ1) is 13.8. The summed E-state index contributed by atoms with van der Waals surface area (Å²) in [5.41, 5.74) is 15.4. The molecule has 0 saturated heterocycles. The van der Waals surface area contributed by atoms with E-state index in [1.54, 1.807) is 0 Å². The Morgan fingerprint density at radius 3 is 2.24 bits per heavy atom. The molecule has 0 aromatic heterocycles. The molecular formula is C22H20I2N2O3. The van der Waals surface area contributed by atoms with Crippen LogP contribution in [0.5, 0.6) is 11.5 Å². The molecule has 0 bridgehead atoms. The highest BCUT2D eigenvalue weighted by atomic mass is 127. The van der Waals surface area contributed by atoms with Gasteiger partial charge in [0.25, 0.3) is 0 Å². The molecule has 0 radical (unpaired) electrons. The van der Waals surface area contributed by atoms with E-state index in [4.69, 9.17) is 21.3 Å². The summed E-state index contributed by atoms with van der Waals surface area (Å²) >= 11 is 4.41. The third kappa shape index (κ3) is 6.06. The number of carboxylic acid groups (broad SMARTS) is 1. The Kier molecular flexibility index (Phi) is 7.36. The SMILES string of the molecule is Nc1ccc(Cc2cccc(Oc3c(I)cc(CC(N)C(=O)O)cc3I)c2)cc1. The van der Waals surface area contributed by atoms with Crippen LogP contribution in [0.15, 0.2) is 60.7 Å². The number of halogens is 2. The van der Waals surface area contributed by atoms with Gasteiger partial charge in [-0.2, -0.15) is 0 Å². The second kappa shape index (κ2) is 9.77. The van der Waals surface area contributed by atoms with Gasteiger partial charge in [-0.05, 0) is 111 Å². The van der Waals surface area contributed by atoms with E-state index in [1.165, 1.54) is 5.56 Å². The van der Waals surface area contributed by atoms with Crippen LogP contribution in [-0.4, -0.2) is 17.1 Å². The first-order valence-electron chi connectivity index (χ1n) is 8.89. The molecule has 0 amide bonds. The lowest BCUT2D eigenvalue weighted by molar-refractivity contribution is -0.138. The van der Waals surface area contributed by atoms with Crippen LogP contribution in [0.3, 0.4) is 0 Å². The number of aliphatic carboxylic acids is 1. The summed E-state index contributed by atoms with van der Waals surface area (Å²) in [6, 6.07) is 18.7. The van der Waals surface area contributed by atoms with Gasteiger partial charge in [0.15, 0.2) is 5.75 Å². The molecule has 3 rings (SSSR count). The minimum atomic E-state index is -1.01. The number of nitrogen functional groups attached to an aromatic ring is 1. The highest BCUT2D eigenvalue weighted by Crippen LogP contribution is 2.33. The standard InChI is InChI=1S/C22H20I2N2O3/c23-18-10-15(12-20(26)22(27)28)11-19(24)21(18)29-17-3-1-2-14(9-17)8-13-4-6-16(25)7-5-13/h1-7,9-11,20H,8,12,25-26H2,(H,27,28). The first kappa shape index (κ1) is 21.8. The first-order valence-corrected chi connectivity index (χ1v) is 11.0. The fraction of sp³-hybridized carbons (Fsp3) is 0.136. The average Bonchev–Trinajstić information content (AvgIpc) is 2.67. The highest BCUT2D eigenvalue weighted by Gasteiger charge is 2.16. The van der Waals surface area contributed by atoms with Gasteiger partial charge in [-0.25, -0.2) is 0 Å². The van der Waals surface area contributed by atoms with Crippen molar-refractivity contribution in [2.75, 3.05) is 5.73 Å². The lowest BCUT2D eigenvalue weighted by Gasteiger charge is -2.14. The second-order valence-corrected chi connectivity index (χ2v) is 9.03. The smallest absolute Gasteiger partial charge is 0.320 e. The zero-order valence-electron chi connectivity index (χ0n) is 15.4. The summed E-state index contributed by atoms with van der Waals surface area (Å²) in [6.07, 6.45) is 1.07. The number of rotatable bonds is 7. The number of ether oxygens (including phenoxy) is 1. The fourth-order valence-electron chi connectivity index (χ4n) is 2.88. The van der Waals surface area contributed by atoms with Crippen molar-refractivity contribution in [2.24, 2.45) is 5.73 Å². The van der Waals surface area contributed by atoms with Crippen molar-refractivity contribution in [1.29, 1.82) is 0 Å². The van der Waals surface area contributed by atoms with E-state index in [9.17, 15) is 4.79 Å². The molecular weight excluding hydrogens is 594 g/mol. The lowest BCUT2D eigenvalue weighted by Crippen LogP contribution is -2.32. The molecule has 5 N–H and O–H groups in total. The van der Waals surface area contributed by atoms with Crippen molar-refractivity contribution in [3.05, 3.63) is 84.5 Å². The number of hydrogen-bond donors (Lipinski definition) is 3. The van der Waals surface area contributed by atoms with E-state index in [-0.39, 0.29) is 6.42 Å². The molecule has 150 valence electrons. The zero-order chi connectivity index (χ0) is 21.0. The molecule has 0 spiro atoms. The molecule has 0 aliphatic heterocycles. The Balaban J connectivity index is 1.77. The van der Waals surface area contributed by atoms with Gasteiger partial charge in [-0.15, -0.1) is 0 Å². The predicted octanol–water partition coefficient (Wildman–Crippen LogP) is 4.82. The Morgan fingerprint density at radius 2 is 1.62 bits per heavy atom. The van der Waals surface area contributed by atoms with Crippen LogP contribution in [0, 0.1) is 7.14 Å². The monoisotopic (exact) mass is 614 g/mol. The lowest BCUT2D eigenvalue weighted by atomic mass is 10.0. The third-order valence-electron chi connectivity index (χ3n) is 4.34. The molecule has 0 fully saturated rings. The molecule has 0 heterocycles. The summed E-state index contributed by atoms with van der Waals surface area (Å²) in [7, 11) is 0. The number of benzene rings is 3. The summed E-state index contributed by atoms with van der Waals surface area (Å²) in [4.78, 5) is 11.0. The van der Waals surface area contributed by atoms with Gasteiger partial charge in [0.2, 0.25) is 0 Å². The normalized spacial score (nSPS) is 11.8. The predicted molar refractivity (Wildman–Crippen MR) is 131 cm³/mol. The van der Waals surface area contributed by atoms with Crippen LogP contribution in [0.1, 0.15) is 16.7 Å². The van der Waals surface area contributed by atoms with Crippen molar-refractivity contribution in [3.63, 3.8) is 0 Å². The van der Waals surface area contributed by atoms with Crippen molar-refractivity contribution < 1.29 is 14.6 Å². The van der Waals surface area contributed by atoms with Crippen molar-refractivity contribution in [2.45, 2.75) is 18.9 Å². The van der Waals surface area contributed by atoms with E-state index in [0.717, 1.165) is 41.9 Å². The summed E-state index contributed by atoms with van der Waals surface area (Å²) in [6.45, 7) is 0. The molecule has 1 unspecified atom stereocenters. The molecule has 29 heavy (non-hydrogen) atoms. The van der Waals surface area contributed by atoms with Gasteiger partial charge in [-0.1, -0.05) is 24.3 Å². The van der Waals surface area contributed by atoms with Gasteiger partial charge in [0.05, 0.1) is 7.14 Å². The Labute approximate surface area is 196 Å². The van der Waals surface area contributed by atoms with Gasteiger partial charge in [0, 0.05) is 5.69 Å². The van der Waals surface area contributed by atoms with Gasteiger partial charge >= 0.3 is 5.97 Å². The molecule has 3 aromatic rings. The molecule has 7 heteroatoms. The summed E-state index contributed by atoms with van der Waals surface area (Å²) < 4.78 is 7.98. The van der Waals surface area contributed by atoms with Crippen LogP contribution in [0.4, 0.5) is 5.69 Å². The van der Waals surface area contributed by atoms with Crippen molar-refractivity contribution in [1.82, 2.24) is 0 Å². The average molecular weight is 614 g/mol. The highest BCUT2D eigenvalue weighted by molar-refractivity contribution is 14.1. The maximum atomic E-state index is 11.0. The molecule has 0 aliphatic carbocycles. The van der Waals surface area contributed by atoms with E-state index >= 15 is 0 Å². The zero-order valence-corrected chi connectivity index (χ0v) is 19.8. The van der Waals surface area contributed by atoms with E-state index in [1.807, 2.05) is 54.6 Å². The quantitative estimate of drug-likeness (QED) is 0.262. The molecule has 5 nitrogen and oxygen atoms in total. The fourth-order valence-corrected chi connectivity index (χ4v) is 4.99. The summed E-state index contributed by atoms with van der Waals surface area (Å²) in [5, 5.41) is 9.02. The van der Waals surface area contributed by atoms with Crippen molar-refractivity contribution >= 4 is 56.8 Å². The van der Waals surface area contributed by atoms with Crippen LogP contribution in [0.25, 0.3) is 0 Å². The van der Waals surface area contributed by atoms with Gasteiger partial charge < -0.3 is 21.3 Å².